The molecule has 0 atom stereocenters. The van der Waals surface area contributed by atoms with Crippen molar-refractivity contribution in [1.29, 1.82) is 0 Å². The minimum atomic E-state index is -3.73. The molecule has 112 valence electrons. The molecule has 0 amide bonds. The van der Waals surface area contributed by atoms with Crippen LogP contribution in [0.4, 0.5) is 4.39 Å². The number of aliphatic hydroxyl groups is 1. The second kappa shape index (κ2) is 6.20. The number of rotatable bonds is 5. The van der Waals surface area contributed by atoms with E-state index in [1.54, 1.807) is 0 Å². The first kappa shape index (κ1) is 15.4. The minimum Gasteiger partial charge on any atom is -0.396 e. The molecule has 20 heavy (non-hydrogen) atoms. The Labute approximate surface area is 119 Å². The first-order chi connectivity index (χ1) is 9.47. The predicted octanol–water partition coefficient (Wildman–Crippen LogP) is 2.05. The van der Waals surface area contributed by atoms with Gasteiger partial charge in [-0.3, -0.25) is 0 Å². The van der Waals surface area contributed by atoms with Crippen molar-refractivity contribution in [3.8, 4) is 0 Å². The van der Waals surface area contributed by atoms with Crippen LogP contribution in [-0.4, -0.2) is 26.7 Å². The zero-order valence-electron chi connectivity index (χ0n) is 11.3. The molecule has 0 heterocycles. The smallest absolute Gasteiger partial charge is 0.240 e. The fourth-order valence-electron chi connectivity index (χ4n) is 2.66. The fourth-order valence-corrected chi connectivity index (χ4v) is 3.85. The topological polar surface area (TPSA) is 66.4 Å². The Morgan fingerprint density at radius 2 is 1.95 bits per heavy atom. The molecule has 0 spiro atoms. The molecule has 1 aromatic carbocycles. The summed E-state index contributed by atoms with van der Waals surface area (Å²) < 4.78 is 39.9. The van der Waals surface area contributed by atoms with E-state index in [1.165, 1.54) is 18.2 Å². The van der Waals surface area contributed by atoms with Crippen LogP contribution in [0.15, 0.2) is 29.2 Å². The number of aliphatic hydroxyl groups excluding tert-OH is 1. The van der Waals surface area contributed by atoms with Gasteiger partial charge in [-0.2, -0.15) is 0 Å². The van der Waals surface area contributed by atoms with Crippen molar-refractivity contribution in [2.75, 3.05) is 13.2 Å². The van der Waals surface area contributed by atoms with E-state index >= 15 is 0 Å². The van der Waals surface area contributed by atoms with Crippen LogP contribution in [0, 0.1) is 11.2 Å². The quantitative estimate of drug-likeness (QED) is 0.874. The van der Waals surface area contributed by atoms with Crippen LogP contribution >= 0.6 is 0 Å². The number of nitrogens with one attached hydrogen (secondary N) is 1. The van der Waals surface area contributed by atoms with Gasteiger partial charge in [-0.25, -0.2) is 17.5 Å². The highest BCUT2D eigenvalue weighted by atomic mass is 32.2. The molecule has 1 saturated carbocycles. The molecule has 0 saturated heterocycles. The maximum atomic E-state index is 13.1. The summed E-state index contributed by atoms with van der Waals surface area (Å²) in [4.78, 5) is -0.0820. The van der Waals surface area contributed by atoms with Gasteiger partial charge in [0.05, 0.1) is 4.90 Å². The first-order valence-corrected chi connectivity index (χ1v) is 8.32. The van der Waals surface area contributed by atoms with Crippen molar-refractivity contribution in [3.05, 3.63) is 30.1 Å². The minimum absolute atomic E-state index is 0.0291. The molecule has 1 aliphatic rings. The molecule has 0 aliphatic heterocycles. The zero-order valence-corrected chi connectivity index (χ0v) is 12.1. The third-order valence-corrected chi connectivity index (χ3v) is 5.39. The summed E-state index contributed by atoms with van der Waals surface area (Å²) in [5.41, 5.74) is -0.376. The van der Waals surface area contributed by atoms with E-state index in [1.807, 2.05) is 0 Å². The van der Waals surface area contributed by atoms with E-state index in [0.717, 1.165) is 38.2 Å². The molecular weight excluding hydrogens is 281 g/mol. The molecule has 2 N–H and O–H groups in total. The SMILES string of the molecule is O=S(=O)(NCC1(CO)CCCCC1)c1cccc(F)c1. The Bertz CT molecular complexity index is 553. The highest BCUT2D eigenvalue weighted by Gasteiger charge is 2.32. The number of sulfonamides is 1. The monoisotopic (exact) mass is 301 g/mol. The van der Waals surface area contributed by atoms with Gasteiger partial charge in [0.25, 0.3) is 0 Å². The zero-order chi connectivity index (χ0) is 14.6. The standard InChI is InChI=1S/C14H20FNO3S/c15-12-5-4-6-13(9-12)20(18,19)16-10-14(11-17)7-2-1-3-8-14/h4-6,9,16-17H,1-3,7-8,10-11H2. The van der Waals surface area contributed by atoms with E-state index in [9.17, 15) is 17.9 Å². The molecule has 0 bridgehead atoms. The second-order valence-electron chi connectivity index (χ2n) is 5.50. The summed E-state index contributed by atoms with van der Waals surface area (Å²) in [6.07, 6.45) is 4.76. The molecule has 4 nitrogen and oxygen atoms in total. The third kappa shape index (κ3) is 3.56. The summed E-state index contributed by atoms with van der Waals surface area (Å²) in [7, 11) is -3.73. The average molecular weight is 301 g/mol. The van der Waals surface area contributed by atoms with Gasteiger partial charge in [-0.05, 0) is 31.0 Å². The van der Waals surface area contributed by atoms with Gasteiger partial charge in [-0.15, -0.1) is 0 Å². The van der Waals surface area contributed by atoms with Gasteiger partial charge in [0.2, 0.25) is 10.0 Å². The maximum absolute atomic E-state index is 13.1. The summed E-state index contributed by atoms with van der Waals surface area (Å²) in [6.45, 7) is 0.168. The molecule has 6 heteroatoms. The lowest BCUT2D eigenvalue weighted by molar-refractivity contribution is 0.0867. The lowest BCUT2D eigenvalue weighted by Crippen LogP contribution is -2.41. The molecule has 0 radical (unpaired) electrons. The lowest BCUT2D eigenvalue weighted by Gasteiger charge is -2.35. The average Bonchev–Trinajstić information content (AvgIpc) is 2.46. The number of hydrogen-bond acceptors (Lipinski definition) is 3. The van der Waals surface area contributed by atoms with Gasteiger partial charge >= 0.3 is 0 Å². The van der Waals surface area contributed by atoms with Crippen molar-refractivity contribution in [3.63, 3.8) is 0 Å². The lowest BCUT2D eigenvalue weighted by atomic mass is 9.75. The Morgan fingerprint density at radius 3 is 2.55 bits per heavy atom. The molecule has 0 aromatic heterocycles. The van der Waals surface area contributed by atoms with Crippen LogP contribution < -0.4 is 4.72 Å². The van der Waals surface area contributed by atoms with Gasteiger partial charge in [0.15, 0.2) is 0 Å². The van der Waals surface area contributed by atoms with E-state index in [0.29, 0.717) is 0 Å². The van der Waals surface area contributed by atoms with Crippen molar-refractivity contribution in [2.45, 2.75) is 37.0 Å². The maximum Gasteiger partial charge on any atom is 0.240 e. The summed E-state index contributed by atoms with van der Waals surface area (Å²) in [5, 5.41) is 9.56. The molecule has 1 aliphatic carbocycles. The predicted molar refractivity (Wildman–Crippen MR) is 74.2 cm³/mol. The van der Waals surface area contributed by atoms with Crippen LogP contribution in [0.25, 0.3) is 0 Å². The van der Waals surface area contributed by atoms with Crippen LogP contribution in [0.5, 0.6) is 0 Å². The highest BCUT2D eigenvalue weighted by molar-refractivity contribution is 7.89. The van der Waals surface area contributed by atoms with Gasteiger partial charge in [-0.1, -0.05) is 25.3 Å². The van der Waals surface area contributed by atoms with Gasteiger partial charge in [0.1, 0.15) is 5.82 Å². The van der Waals surface area contributed by atoms with Crippen LogP contribution in [0.3, 0.4) is 0 Å². The number of halogens is 1. The molecule has 0 unspecified atom stereocenters. The largest absolute Gasteiger partial charge is 0.396 e. The van der Waals surface area contributed by atoms with Crippen LogP contribution in [0.1, 0.15) is 32.1 Å². The summed E-state index contributed by atoms with van der Waals surface area (Å²) >= 11 is 0. The number of benzene rings is 1. The Balaban J connectivity index is 2.08. The normalized spacial score (nSPS) is 18.9. The van der Waals surface area contributed by atoms with E-state index in [2.05, 4.69) is 4.72 Å². The van der Waals surface area contributed by atoms with Crippen molar-refractivity contribution in [1.82, 2.24) is 4.72 Å². The van der Waals surface area contributed by atoms with Crippen LogP contribution in [-0.2, 0) is 10.0 Å². The van der Waals surface area contributed by atoms with E-state index in [4.69, 9.17) is 0 Å². The molecular formula is C14H20FNO3S. The Morgan fingerprint density at radius 1 is 1.25 bits per heavy atom. The second-order valence-corrected chi connectivity index (χ2v) is 7.27. The molecule has 1 aromatic rings. The first-order valence-electron chi connectivity index (χ1n) is 6.84. The van der Waals surface area contributed by atoms with Crippen LogP contribution in [0.2, 0.25) is 0 Å². The third-order valence-electron chi connectivity index (χ3n) is 3.99. The summed E-state index contributed by atoms with van der Waals surface area (Å²) in [5.74, 6) is -0.581. The van der Waals surface area contributed by atoms with Crippen molar-refractivity contribution < 1.29 is 17.9 Å². The van der Waals surface area contributed by atoms with E-state index < -0.39 is 15.8 Å². The number of hydrogen-bond donors (Lipinski definition) is 2. The van der Waals surface area contributed by atoms with Crippen molar-refractivity contribution >= 4 is 10.0 Å². The van der Waals surface area contributed by atoms with Gasteiger partial charge in [0, 0.05) is 18.6 Å². The van der Waals surface area contributed by atoms with E-state index in [-0.39, 0.29) is 23.5 Å². The van der Waals surface area contributed by atoms with Gasteiger partial charge < -0.3 is 5.11 Å². The Hall–Kier alpha value is -0.980. The fraction of sp³-hybridized carbons (Fsp3) is 0.571. The summed E-state index contributed by atoms with van der Waals surface area (Å²) in [6, 6.07) is 4.93. The Kier molecular flexibility index (Phi) is 4.78. The van der Waals surface area contributed by atoms with Crippen molar-refractivity contribution in [2.24, 2.45) is 5.41 Å². The highest BCUT2D eigenvalue weighted by Crippen LogP contribution is 2.35. The molecule has 1 fully saturated rings. The molecule has 2 rings (SSSR count).